The number of nitrogens with zero attached hydrogens (tertiary/aromatic N) is 12. The van der Waals surface area contributed by atoms with Crippen LogP contribution in [0.25, 0.3) is 256 Å². The fourth-order valence-electron chi connectivity index (χ4n) is 21.5. The Kier molecular flexibility index (Phi) is 20.9. The number of benzene rings is 20. The Labute approximate surface area is 835 Å². The van der Waals surface area contributed by atoms with E-state index in [0.29, 0.717) is 23.5 Å². The van der Waals surface area contributed by atoms with E-state index in [-0.39, 0.29) is 0 Å². The molecule has 0 unspecified atom stereocenters. The predicted octanol–water partition coefficient (Wildman–Crippen LogP) is 33.7. The zero-order valence-corrected chi connectivity index (χ0v) is 78.9. The molecule has 680 valence electrons. The van der Waals surface area contributed by atoms with Crippen LogP contribution >= 0.6 is 0 Å². The van der Waals surface area contributed by atoms with Gasteiger partial charge in [-0.25, -0.2) is 19.9 Å². The number of aromatic nitrogens is 12. The molecule has 0 aliphatic rings. The molecule has 0 aliphatic carbocycles. The molecule has 9 aromatic heterocycles. The third kappa shape index (κ3) is 15.0. The van der Waals surface area contributed by atoms with Gasteiger partial charge < -0.3 is 13.7 Å². The highest BCUT2D eigenvalue weighted by atomic mass is 15.2. The highest BCUT2D eigenvalue weighted by molar-refractivity contribution is 6.16. The lowest BCUT2D eigenvalue weighted by Gasteiger charge is -2.12. The number of pyridine rings is 1. The largest absolute Gasteiger partial charge is 0.309 e. The molecule has 12 nitrogen and oxygen atoms in total. The van der Waals surface area contributed by atoms with Crippen LogP contribution < -0.4 is 0 Å². The van der Waals surface area contributed by atoms with Crippen molar-refractivity contribution in [2.45, 2.75) is 6.92 Å². The van der Waals surface area contributed by atoms with Gasteiger partial charge in [0.25, 0.3) is 0 Å². The summed E-state index contributed by atoms with van der Waals surface area (Å²) in [6.45, 7) is 2.11. The van der Waals surface area contributed by atoms with Gasteiger partial charge >= 0.3 is 0 Å². The third-order valence-electron chi connectivity index (χ3n) is 28.4. The van der Waals surface area contributed by atoms with Crippen LogP contribution in [0.15, 0.2) is 516 Å². The van der Waals surface area contributed by atoms with Crippen molar-refractivity contribution in [2.24, 2.45) is 0 Å². The second-order valence-corrected chi connectivity index (χ2v) is 36.9. The fourth-order valence-corrected chi connectivity index (χ4v) is 21.5. The molecule has 0 saturated heterocycles. The molecule has 0 radical (unpaired) electrons. The van der Waals surface area contributed by atoms with Gasteiger partial charge in [-0.1, -0.05) is 394 Å². The molecule has 0 amide bonds. The topological polar surface area (TPSA) is 107 Å². The van der Waals surface area contributed by atoms with E-state index >= 15 is 0 Å². The SMILES string of the molecule is Cc1ccc(-c2cc(-c3ccccc3)nc(-n3c4ccccc4c4cc(-n5c6ccccc6c6ccccc65)ccc43)n2)cc1.c1ccc(-c2ccc(-c3cccc(-n4c5ccccc5c5cc(-n6c7ccccc7c7ccccc76)ccc54)n3)cc2)cc1.c1ccc(-c2ccc(-c3nc(-c4ccc(-c5ccccc5)cc4)nc(-n4c5ccccc5c5cc(-n6c7ccccc7c7ccccc76)ccc54)n3)cc2)cc1. The molecule has 12 heteroatoms. The molecule has 29 aromatic rings. The Morgan fingerprint density at radius 3 is 0.710 bits per heavy atom. The van der Waals surface area contributed by atoms with Crippen molar-refractivity contribution in [3.63, 3.8) is 0 Å². The van der Waals surface area contributed by atoms with Gasteiger partial charge in [-0.3, -0.25) is 13.7 Å². The summed E-state index contributed by atoms with van der Waals surface area (Å²) in [6, 6.07) is 182. The van der Waals surface area contributed by atoms with Gasteiger partial charge in [0.2, 0.25) is 11.9 Å². The molecule has 0 N–H and O–H groups in total. The van der Waals surface area contributed by atoms with Gasteiger partial charge in [-0.2, -0.15) is 9.97 Å². The Balaban J connectivity index is 0.000000109. The maximum Gasteiger partial charge on any atom is 0.238 e. The van der Waals surface area contributed by atoms with Crippen molar-refractivity contribution in [3.8, 4) is 125 Å². The van der Waals surface area contributed by atoms with Crippen LogP contribution in [0.4, 0.5) is 0 Å². The highest BCUT2D eigenvalue weighted by Crippen LogP contribution is 2.44. The summed E-state index contributed by atoms with van der Waals surface area (Å²) in [5, 5.41) is 14.5. The standard InChI is InChI=1S/C51H33N5.C41H28N4.C41H27N3/c1-3-13-34(14-4-1)36-23-27-38(28-24-36)49-52-50(39-29-25-37(26-30-39)35-15-5-2-6-16-35)54-51(53-49)56-47-22-12-9-19-43(47)44-33-40(31-32-48(44)56)55-45-20-10-7-17-41(45)42-18-8-11-21-46(42)55;1-27-19-21-29(22-20-27)36-26-35(28-11-3-2-4-12-28)42-41(43-36)45-39-18-10-7-15-33(39)34-25-30(23-24-40(34)45)44-37-16-8-5-13-31(37)32-14-6-9-17-38(32)44;1-2-11-28(12-3-1)29-21-23-30(24-22-29)36-16-10-20-41(42-36)44-39-19-9-6-15-34(39)35-27-31(25-26-40(35)44)43-37-17-7-4-13-32(37)33-14-5-8-18-38(33)43/h1-33H;2-26H,1H3;1-27H. The first-order chi connectivity index (χ1) is 71.8. The van der Waals surface area contributed by atoms with Crippen LogP contribution in [-0.2, 0) is 0 Å². The van der Waals surface area contributed by atoms with Gasteiger partial charge in [0.05, 0.1) is 83.3 Å². The van der Waals surface area contributed by atoms with E-state index in [1.807, 2.05) is 24.3 Å². The number of para-hydroxylation sites is 9. The minimum Gasteiger partial charge on any atom is -0.309 e. The van der Waals surface area contributed by atoms with Crippen molar-refractivity contribution in [1.82, 2.24) is 57.3 Å². The molecule has 0 atom stereocenters. The Morgan fingerprint density at radius 1 is 0.138 bits per heavy atom. The van der Waals surface area contributed by atoms with Gasteiger partial charge in [0.1, 0.15) is 5.82 Å². The Hall–Kier alpha value is -19.6. The zero-order chi connectivity index (χ0) is 95.9. The van der Waals surface area contributed by atoms with Gasteiger partial charge in [0.15, 0.2) is 11.6 Å². The van der Waals surface area contributed by atoms with E-state index in [1.165, 1.54) is 109 Å². The summed E-state index contributed by atoms with van der Waals surface area (Å²) < 4.78 is 13.8. The van der Waals surface area contributed by atoms with Crippen LogP contribution in [0.2, 0.25) is 0 Å². The summed E-state index contributed by atoms with van der Waals surface area (Å²) in [5.74, 6) is 3.36. The number of hydrogen-bond donors (Lipinski definition) is 0. The molecule has 0 aliphatic heterocycles. The number of hydrogen-bond acceptors (Lipinski definition) is 6. The van der Waals surface area contributed by atoms with Crippen molar-refractivity contribution in [1.29, 1.82) is 0 Å². The number of rotatable bonds is 14. The van der Waals surface area contributed by atoms with Crippen molar-refractivity contribution < 1.29 is 0 Å². The molecule has 0 saturated carbocycles. The normalized spacial score (nSPS) is 11.6. The quantitative estimate of drug-likeness (QED) is 0.107. The highest BCUT2D eigenvalue weighted by Gasteiger charge is 2.26. The molecule has 145 heavy (non-hydrogen) atoms. The van der Waals surface area contributed by atoms with Gasteiger partial charge in [0, 0.05) is 110 Å². The molecule has 0 spiro atoms. The molecule has 20 aromatic carbocycles. The maximum atomic E-state index is 5.23. The molecule has 0 bridgehead atoms. The van der Waals surface area contributed by atoms with Crippen molar-refractivity contribution >= 4 is 131 Å². The average molecular weight is 1850 g/mol. The van der Waals surface area contributed by atoms with E-state index in [0.717, 1.165) is 128 Å². The summed E-state index contributed by atoms with van der Waals surface area (Å²) in [4.78, 5) is 31.2. The molecule has 29 rings (SSSR count). The Bertz CT molecular complexity index is 9790. The third-order valence-corrected chi connectivity index (χ3v) is 28.4. The fraction of sp³-hybridized carbons (Fsp3) is 0.00752. The lowest BCUT2D eigenvalue weighted by Crippen LogP contribution is -2.06. The van der Waals surface area contributed by atoms with Crippen LogP contribution in [0.1, 0.15) is 5.56 Å². The lowest BCUT2D eigenvalue weighted by atomic mass is 10.0. The van der Waals surface area contributed by atoms with Crippen LogP contribution in [0, 0.1) is 6.92 Å². The zero-order valence-electron chi connectivity index (χ0n) is 78.9. The summed E-state index contributed by atoms with van der Waals surface area (Å²) >= 11 is 0. The smallest absolute Gasteiger partial charge is 0.238 e. The summed E-state index contributed by atoms with van der Waals surface area (Å²) in [7, 11) is 0. The predicted molar refractivity (Wildman–Crippen MR) is 600 cm³/mol. The second-order valence-electron chi connectivity index (χ2n) is 36.9. The van der Waals surface area contributed by atoms with Crippen molar-refractivity contribution in [3.05, 3.63) is 521 Å². The van der Waals surface area contributed by atoms with E-state index in [2.05, 4.69) is 526 Å². The molecule has 9 heterocycles. The minimum atomic E-state index is 0.570. The lowest BCUT2D eigenvalue weighted by molar-refractivity contribution is 0.953. The first-order valence-corrected chi connectivity index (χ1v) is 49.1. The first-order valence-electron chi connectivity index (χ1n) is 49.1. The van der Waals surface area contributed by atoms with E-state index in [4.69, 9.17) is 29.9 Å². The summed E-state index contributed by atoms with van der Waals surface area (Å²) in [6.07, 6.45) is 0. The number of fused-ring (bicyclic) bond motifs is 18. The van der Waals surface area contributed by atoms with E-state index in [1.54, 1.807) is 0 Å². The van der Waals surface area contributed by atoms with Crippen LogP contribution in [-0.4, -0.2) is 57.3 Å². The van der Waals surface area contributed by atoms with E-state index in [9.17, 15) is 0 Å². The molecular weight excluding hydrogens is 1770 g/mol. The van der Waals surface area contributed by atoms with E-state index < -0.39 is 0 Å². The number of aryl methyl sites for hydroxylation is 1. The Morgan fingerprint density at radius 2 is 0.372 bits per heavy atom. The van der Waals surface area contributed by atoms with Gasteiger partial charge in [-0.15, -0.1) is 0 Å². The van der Waals surface area contributed by atoms with Crippen molar-refractivity contribution in [2.75, 3.05) is 0 Å². The monoisotopic (exact) mass is 1850 g/mol. The second kappa shape index (κ2) is 35.7. The van der Waals surface area contributed by atoms with Gasteiger partial charge in [-0.05, 0) is 168 Å². The van der Waals surface area contributed by atoms with Crippen LogP contribution in [0.5, 0.6) is 0 Å². The summed E-state index contributed by atoms with van der Waals surface area (Å²) in [5.41, 5.74) is 33.1. The molecular formula is C133H88N12. The molecule has 0 fully saturated rings. The minimum absolute atomic E-state index is 0.570. The first kappa shape index (κ1) is 84.7. The maximum absolute atomic E-state index is 5.23. The average Bonchev–Trinajstić information content (AvgIpc) is 1.57. The van der Waals surface area contributed by atoms with Crippen LogP contribution in [0.3, 0.4) is 0 Å².